The van der Waals surface area contributed by atoms with E-state index in [1.807, 2.05) is 0 Å². The minimum atomic E-state index is -0.195. The van der Waals surface area contributed by atoms with Crippen molar-refractivity contribution in [3.05, 3.63) is 18.2 Å². The van der Waals surface area contributed by atoms with Gasteiger partial charge in [-0.05, 0) is 37.0 Å². The third-order valence-electron chi connectivity index (χ3n) is 2.78. The molecular weight excluding hydrogens is 232 g/mol. The van der Waals surface area contributed by atoms with Crippen LogP contribution < -0.4 is 15.8 Å². The first kappa shape index (κ1) is 12.7. The number of nitrogen functional groups attached to an aromatic ring is 1. The molecule has 0 spiro atoms. The first-order chi connectivity index (χ1) is 8.69. The number of hydrogen-bond donors (Lipinski definition) is 2. The number of carbonyl (C=O) groups is 1. The van der Waals surface area contributed by atoms with E-state index in [4.69, 9.17) is 15.2 Å². The SMILES string of the molecule is COc1ccc(N)cc1NC(=O)COCC1CC1. The minimum Gasteiger partial charge on any atom is -0.495 e. The van der Waals surface area contributed by atoms with Crippen LogP contribution in [0.4, 0.5) is 11.4 Å². The molecule has 0 unspecified atom stereocenters. The second kappa shape index (κ2) is 5.73. The summed E-state index contributed by atoms with van der Waals surface area (Å²) in [6.07, 6.45) is 2.43. The fourth-order valence-corrected chi connectivity index (χ4v) is 1.61. The summed E-state index contributed by atoms with van der Waals surface area (Å²) in [5.41, 5.74) is 6.81. The molecule has 3 N–H and O–H groups in total. The summed E-state index contributed by atoms with van der Waals surface area (Å²) in [7, 11) is 1.55. The summed E-state index contributed by atoms with van der Waals surface area (Å²) in [5, 5.41) is 2.73. The molecule has 1 aliphatic carbocycles. The zero-order valence-electron chi connectivity index (χ0n) is 10.4. The maximum atomic E-state index is 11.7. The van der Waals surface area contributed by atoms with Gasteiger partial charge in [0, 0.05) is 5.69 Å². The van der Waals surface area contributed by atoms with Crippen LogP contribution >= 0.6 is 0 Å². The van der Waals surface area contributed by atoms with E-state index >= 15 is 0 Å². The Labute approximate surface area is 106 Å². The van der Waals surface area contributed by atoms with Gasteiger partial charge < -0.3 is 20.5 Å². The number of benzene rings is 1. The van der Waals surface area contributed by atoms with Crippen molar-refractivity contribution in [3.63, 3.8) is 0 Å². The van der Waals surface area contributed by atoms with E-state index in [-0.39, 0.29) is 12.5 Å². The van der Waals surface area contributed by atoms with E-state index in [1.54, 1.807) is 25.3 Å². The summed E-state index contributed by atoms with van der Waals surface area (Å²) in [6, 6.07) is 5.10. The Kier molecular flexibility index (Phi) is 4.04. The van der Waals surface area contributed by atoms with Gasteiger partial charge in [0.05, 0.1) is 19.4 Å². The first-order valence-electron chi connectivity index (χ1n) is 6.00. The van der Waals surface area contributed by atoms with Crippen molar-refractivity contribution >= 4 is 17.3 Å². The third kappa shape index (κ3) is 3.63. The van der Waals surface area contributed by atoms with Crippen LogP contribution in [0.1, 0.15) is 12.8 Å². The number of nitrogens with one attached hydrogen (secondary N) is 1. The lowest BCUT2D eigenvalue weighted by molar-refractivity contribution is -0.120. The summed E-state index contributed by atoms with van der Waals surface area (Å²) in [6.45, 7) is 0.732. The highest BCUT2D eigenvalue weighted by Gasteiger charge is 2.21. The van der Waals surface area contributed by atoms with Gasteiger partial charge in [0.25, 0.3) is 0 Å². The Morgan fingerprint density at radius 2 is 2.28 bits per heavy atom. The van der Waals surface area contributed by atoms with Gasteiger partial charge in [-0.15, -0.1) is 0 Å². The second-order valence-electron chi connectivity index (χ2n) is 4.47. The van der Waals surface area contributed by atoms with Gasteiger partial charge in [0.2, 0.25) is 5.91 Å². The Balaban J connectivity index is 1.86. The molecule has 1 aliphatic rings. The molecule has 0 bridgehead atoms. The van der Waals surface area contributed by atoms with Crippen molar-refractivity contribution in [3.8, 4) is 5.75 Å². The van der Waals surface area contributed by atoms with Crippen LogP contribution in [-0.4, -0.2) is 26.2 Å². The Hall–Kier alpha value is -1.75. The van der Waals surface area contributed by atoms with E-state index in [0.717, 1.165) is 0 Å². The molecule has 1 fully saturated rings. The molecule has 0 saturated heterocycles. The van der Waals surface area contributed by atoms with Crippen LogP contribution in [0.25, 0.3) is 0 Å². The van der Waals surface area contributed by atoms with Gasteiger partial charge in [-0.25, -0.2) is 0 Å². The fourth-order valence-electron chi connectivity index (χ4n) is 1.61. The molecule has 0 aromatic heterocycles. The van der Waals surface area contributed by atoms with Crippen LogP contribution in [-0.2, 0) is 9.53 Å². The molecule has 5 heteroatoms. The van der Waals surface area contributed by atoms with E-state index < -0.39 is 0 Å². The molecule has 0 radical (unpaired) electrons. The van der Waals surface area contributed by atoms with Crippen molar-refractivity contribution in [1.29, 1.82) is 0 Å². The number of nitrogens with two attached hydrogens (primary N) is 1. The quantitative estimate of drug-likeness (QED) is 0.753. The smallest absolute Gasteiger partial charge is 0.250 e. The van der Waals surface area contributed by atoms with Crippen molar-refractivity contribution in [2.75, 3.05) is 31.4 Å². The van der Waals surface area contributed by atoms with Crippen molar-refractivity contribution in [1.82, 2.24) is 0 Å². The molecule has 1 aromatic carbocycles. The van der Waals surface area contributed by atoms with E-state index in [0.29, 0.717) is 29.6 Å². The molecule has 0 heterocycles. The molecule has 2 rings (SSSR count). The number of methoxy groups -OCH3 is 1. The second-order valence-corrected chi connectivity index (χ2v) is 4.47. The predicted molar refractivity (Wildman–Crippen MR) is 69.6 cm³/mol. The molecule has 98 valence electrons. The lowest BCUT2D eigenvalue weighted by Gasteiger charge is -2.11. The van der Waals surface area contributed by atoms with Crippen LogP contribution in [0, 0.1) is 5.92 Å². The van der Waals surface area contributed by atoms with Crippen molar-refractivity contribution in [2.45, 2.75) is 12.8 Å². The van der Waals surface area contributed by atoms with Gasteiger partial charge in [-0.3, -0.25) is 4.79 Å². The zero-order chi connectivity index (χ0) is 13.0. The standard InChI is InChI=1S/C13H18N2O3/c1-17-12-5-4-10(14)6-11(12)15-13(16)8-18-7-9-2-3-9/h4-6,9H,2-3,7-8,14H2,1H3,(H,15,16). The molecule has 0 atom stereocenters. The molecule has 18 heavy (non-hydrogen) atoms. The lowest BCUT2D eigenvalue weighted by atomic mass is 10.2. The van der Waals surface area contributed by atoms with Crippen molar-refractivity contribution < 1.29 is 14.3 Å². The highest BCUT2D eigenvalue weighted by Crippen LogP contribution is 2.29. The Bertz CT molecular complexity index is 430. The molecular formula is C13H18N2O3. The number of ether oxygens (including phenoxy) is 2. The normalized spacial score (nSPS) is 14.3. The molecule has 0 aliphatic heterocycles. The van der Waals surface area contributed by atoms with Gasteiger partial charge in [0.15, 0.2) is 0 Å². The summed E-state index contributed by atoms with van der Waals surface area (Å²) in [4.78, 5) is 11.7. The molecule has 1 aromatic rings. The lowest BCUT2D eigenvalue weighted by Crippen LogP contribution is -2.19. The average Bonchev–Trinajstić information content (AvgIpc) is 3.13. The molecule has 1 saturated carbocycles. The predicted octanol–water partition coefficient (Wildman–Crippen LogP) is 1.64. The summed E-state index contributed by atoms with van der Waals surface area (Å²) in [5.74, 6) is 1.04. The maximum Gasteiger partial charge on any atom is 0.250 e. The first-order valence-corrected chi connectivity index (χ1v) is 6.00. The number of anilines is 2. The maximum absolute atomic E-state index is 11.7. The highest BCUT2D eigenvalue weighted by molar-refractivity contribution is 5.93. The fraction of sp³-hybridized carbons (Fsp3) is 0.462. The van der Waals surface area contributed by atoms with E-state index in [1.165, 1.54) is 12.8 Å². The minimum absolute atomic E-state index is 0.0639. The number of hydrogen-bond acceptors (Lipinski definition) is 4. The largest absolute Gasteiger partial charge is 0.495 e. The number of amides is 1. The molecule has 5 nitrogen and oxygen atoms in total. The Morgan fingerprint density at radius 3 is 2.94 bits per heavy atom. The van der Waals surface area contributed by atoms with Crippen LogP contribution in [0.15, 0.2) is 18.2 Å². The highest BCUT2D eigenvalue weighted by atomic mass is 16.5. The number of carbonyl (C=O) groups excluding carboxylic acids is 1. The van der Waals surface area contributed by atoms with E-state index in [2.05, 4.69) is 5.32 Å². The van der Waals surface area contributed by atoms with Gasteiger partial charge in [-0.2, -0.15) is 0 Å². The third-order valence-corrected chi connectivity index (χ3v) is 2.78. The summed E-state index contributed by atoms with van der Waals surface area (Å²) < 4.78 is 10.5. The van der Waals surface area contributed by atoms with E-state index in [9.17, 15) is 4.79 Å². The van der Waals surface area contributed by atoms with Crippen LogP contribution in [0.2, 0.25) is 0 Å². The van der Waals surface area contributed by atoms with Gasteiger partial charge >= 0.3 is 0 Å². The van der Waals surface area contributed by atoms with Crippen molar-refractivity contribution in [2.24, 2.45) is 5.92 Å². The van der Waals surface area contributed by atoms with Crippen LogP contribution in [0.3, 0.4) is 0 Å². The average molecular weight is 250 g/mol. The topological polar surface area (TPSA) is 73.6 Å². The Morgan fingerprint density at radius 1 is 1.50 bits per heavy atom. The van der Waals surface area contributed by atoms with Gasteiger partial charge in [-0.1, -0.05) is 0 Å². The molecule has 1 amide bonds. The summed E-state index contributed by atoms with van der Waals surface area (Å²) >= 11 is 0. The monoisotopic (exact) mass is 250 g/mol. The van der Waals surface area contributed by atoms with Gasteiger partial charge in [0.1, 0.15) is 12.4 Å². The zero-order valence-corrected chi connectivity index (χ0v) is 10.4. The number of rotatable bonds is 6. The van der Waals surface area contributed by atoms with Crippen LogP contribution in [0.5, 0.6) is 5.75 Å².